The minimum atomic E-state index is -4.49. The molecule has 1 aliphatic heterocycles. The van der Waals surface area contributed by atoms with Gasteiger partial charge in [-0.15, -0.1) is 0 Å². The van der Waals surface area contributed by atoms with Gasteiger partial charge in [0.1, 0.15) is 0 Å². The third-order valence-corrected chi connectivity index (χ3v) is 2.39. The Morgan fingerprint density at radius 2 is 2.06 bits per heavy atom. The molecule has 3 nitrogen and oxygen atoms in total. The number of carbonyl (C=O) groups excluding carboxylic acids is 1. The van der Waals surface area contributed by atoms with Gasteiger partial charge in [0.05, 0.1) is 17.9 Å². The summed E-state index contributed by atoms with van der Waals surface area (Å²) in [5.74, 6) is -0.595. The second kappa shape index (κ2) is 4.27. The van der Waals surface area contributed by atoms with Crippen LogP contribution in [-0.2, 0) is 11.0 Å². The summed E-state index contributed by atoms with van der Waals surface area (Å²) in [6.07, 6.45) is -3.84. The molecule has 0 saturated heterocycles. The fourth-order valence-electron chi connectivity index (χ4n) is 1.63. The molecular weight excluding hydrogens is 235 g/mol. The number of alkyl halides is 3. The molecule has 0 radical (unpaired) electrons. The van der Waals surface area contributed by atoms with Crippen molar-refractivity contribution in [3.05, 3.63) is 23.8 Å². The number of ether oxygens (including phenoxy) is 1. The van der Waals surface area contributed by atoms with Crippen LogP contribution in [0.2, 0.25) is 0 Å². The highest BCUT2D eigenvalue weighted by molar-refractivity contribution is 5.92. The van der Waals surface area contributed by atoms with Crippen LogP contribution in [-0.4, -0.2) is 12.5 Å². The van der Waals surface area contributed by atoms with E-state index in [-0.39, 0.29) is 30.4 Å². The second-order valence-electron chi connectivity index (χ2n) is 3.68. The van der Waals surface area contributed by atoms with Crippen molar-refractivity contribution in [2.45, 2.75) is 19.0 Å². The Labute approximate surface area is 95.6 Å². The lowest BCUT2D eigenvalue weighted by Gasteiger charge is -2.20. The Balaban J connectivity index is 2.47. The summed E-state index contributed by atoms with van der Waals surface area (Å²) in [5.41, 5.74) is -0.790. The molecule has 0 fully saturated rings. The number of carbonyl (C=O) groups is 1. The summed E-state index contributed by atoms with van der Waals surface area (Å²) < 4.78 is 43.2. The van der Waals surface area contributed by atoms with E-state index in [0.29, 0.717) is 6.42 Å². The van der Waals surface area contributed by atoms with Gasteiger partial charge in [-0.05, 0) is 18.6 Å². The lowest BCUT2D eigenvalue weighted by atomic mass is 10.1. The van der Waals surface area contributed by atoms with Crippen LogP contribution in [0.15, 0.2) is 18.2 Å². The van der Waals surface area contributed by atoms with Gasteiger partial charge in [-0.1, -0.05) is 6.07 Å². The van der Waals surface area contributed by atoms with Gasteiger partial charge >= 0.3 is 6.18 Å². The van der Waals surface area contributed by atoms with Gasteiger partial charge in [-0.25, -0.2) is 0 Å². The predicted molar refractivity (Wildman–Crippen MR) is 54.8 cm³/mol. The quantitative estimate of drug-likeness (QED) is 0.763. The number of halogens is 3. The van der Waals surface area contributed by atoms with Gasteiger partial charge in [0.15, 0.2) is 5.75 Å². The van der Waals surface area contributed by atoms with E-state index in [1.807, 2.05) is 0 Å². The standard InChI is InChI=1S/C11H10F3NO2/c12-11(13,14)7-3-1-4-8-10(7)17-6-2-5-9(16)15-8/h1,3-4H,2,5-6H2,(H,15,16). The molecule has 0 aliphatic carbocycles. The average molecular weight is 245 g/mol. The summed E-state index contributed by atoms with van der Waals surface area (Å²) in [4.78, 5) is 11.3. The third kappa shape index (κ3) is 2.51. The van der Waals surface area contributed by atoms with Crippen LogP contribution in [0.25, 0.3) is 0 Å². The highest BCUT2D eigenvalue weighted by atomic mass is 19.4. The zero-order chi connectivity index (χ0) is 12.5. The lowest BCUT2D eigenvalue weighted by Crippen LogP contribution is -2.19. The molecule has 6 heteroatoms. The van der Waals surface area contributed by atoms with Crippen LogP contribution in [0.3, 0.4) is 0 Å². The van der Waals surface area contributed by atoms with Gasteiger partial charge in [-0.2, -0.15) is 13.2 Å². The molecule has 0 spiro atoms. The molecule has 1 amide bonds. The van der Waals surface area contributed by atoms with Gasteiger partial charge < -0.3 is 10.1 Å². The Morgan fingerprint density at radius 3 is 2.76 bits per heavy atom. The first-order chi connectivity index (χ1) is 7.98. The number of hydrogen-bond donors (Lipinski definition) is 1. The van der Waals surface area contributed by atoms with E-state index in [2.05, 4.69) is 5.32 Å². The molecule has 92 valence electrons. The Kier molecular flexibility index (Phi) is 2.95. The minimum Gasteiger partial charge on any atom is -0.491 e. The molecule has 1 N–H and O–H groups in total. The molecule has 0 bridgehead atoms. The van der Waals surface area contributed by atoms with Crippen LogP contribution >= 0.6 is 0 Å². The first kappa shape index (κ1) is 11.8. The van der Waals surface area contributed by atoms with Gasteiger partial charge in [0, 0.05) is 6.42 Å². The van der Waals surface area contributed by atoms with Crippen molar-refractivity contribution in [2.75, 3.05) is 11.9 Å². The molecule has 0 unspecified atom stereocenters. The summed E-state index contributed by atoms with van der Waals surface area (Å²) in [6.45, 7) is 0.105. The van der Waals surface area contributed by atoms with E-state index >= 15 is 0 Å². The van der Waals surface area contributed by atoms with E-state index in [0.717, 1.165) is 6.07 Å². The Morgan fingerprint density at radius 1 is 1.29 bits per heavy atom. The number of fused-ring (bicyclic) bond motifs is 1. The molecule has 0 aromatic heterocycles. The second-order valence-corrected chi connectivity index (χ2v) is 3.68. The van der Waals surface area contributed by atoms with E-state index in [1.165, 1.54) is 12.1 Å². The zero-order valence-corrected chi connectivity index (χ0v) is 8.80. The molecule has 1 aromatic carbocycles. The van der Waals surface area contributed by atoms with Crippen molar-refractivity contribution in [1.29, 1.82) is 0 Å². The monoisotopic (exact) mass is 245 g/mol. The van der Waals surface area contributed by atoms with Gasteiger partial charge in [0.2, 0.25) is 5.91 Å². The summed E-state index contributed by atoms with van der Waals surface area (Å²) in [5, 5.41) is 2.41. The summed E-state index contributed by atoms with van der Waals surface area (Å²) >= 11 is 0. The topological polar surface area (TPSA) is 38.3 Å². The summed E-state index contributed by atoms with van der Waals surface area (Å²) in [6, 6.07) is 3.58. The highest BCUT2D eigenvalue weighted by Crippen LogP contribution is 2.41. The van der Waals surface area contributed by atoms with E-state index in [4.69, 9.17) is 4.74 Å². The Bertz CT molecular complexity index is 443. The molecule has 0 saturated carbocycles. The van der Waals surface area contributed by atoms with Crippen molar-refractivity contribution in [2.24, 2.45) is 0 Å². The van der Waals surface area contributed by atoms with Crippen molar-refractivity contribution >= 4 is 11.6 Å². The number of anilines is 1. The van der Waals surface area contributed by atoms with Crippen LogP contribution in [0, 0.1) is 0 Å². The lowest BCUT2D eigenvalue weighted by molar-refractivity contribution is -0.139. The number of rotatable bonds is 0. The fourth-order valence-corrected chi connectivity index (χ4v) is 1.63. The number of benzene rings is 1. The predicted octanol–water partition coefficient (Wildman–Crippen LogP) is 2.82. The number of amides is 1. The maximum absolute atomic E-state index is 12.7. The van der Waals surface area contributed by atoms with Gasteiger partial charge in [0.25, 0.3) is 0 Å². The van der Waals surface area contributed by atoms with Crippen LogP contribution in [0.5, 0.6) is 5.75 Å². The normalized spacial score (nSPS) is 16.3. The number of para-hydroxylation sites is 1. The average Bonchev–Trinajstić information content (AvgIpc) is 2.21. The SMILES string of the molecule is O=C1CCCOc2c(cccc2C(F)(F)F)N1. The van der Waals surface area contributed by atoms with Crippen molar-refractivity contribution in [3.63, 3.8) is 0 Å². The number of hydrogen-bond acceptors (Lipinski definition) is 2. The van der Waals surface area contributed by atoms with Gasteiger partial charge in [-0.3, -0.25) is 4.79 Å². The molecule has 1 aliphatic rings. The Hall–Kier alpha value is -1.72. The summed E-state index contributed by atoms with van der Waals surface area (Å²) in [7, 11) is 0. The molecular formula is C11H10F3NO2. The maximum atomic E-state index is 12.7. The molecule has 1 aromatic rings. The molecule has 2 rings (SSSR count). The van der Waals surface area contributed by atoms with Crippen molar-refractivity contribution < 1.29 is 22.7 Å². The van der Waals surface area contributed by atoms with Crippen LogP contribution < -0.4 is 10.1 Å². The smallest absolute Gasteiger partial charge is 0.420 e. The zero-order valence-electron chi connectivity index (χ0n) is 8.80. The first-order valence-electron chi connectivity index (χ1n) is 5.11. The fraction of sp³-hybridized carbons (Fsp3) is 0.364. The number of nitrogens with one attached hydrogen (secondary N) is 1. The first-order valence-corrected chi connectivity index (χ1v) is 5.11. The van der Waals surface area contributed by atoms with Crippen molar-refractivity contribution in [3.8, 4) is 5.75 Å². The van der Waals surface area contributed by atoms with Crippen molar-refractivity contribution in [1.82, 2.24) is 0 Å². The van der Waals surface area contributed by atoms with Crippen LogP contribution in [0.4, 0.5) is 18.9 Å². The highest BCUT2D eigenvalue weighted by Gasteiger charge is 2.35. The maximum Gasteiger partial charge on any atom is 0.420 e. The minimum absolute atomic E-state index is 0.0736. The van der Waals surface area contributed by atoms with E-state index < -0.39 is 11.7 Å². The largest absolute Gasteiger partial charge is 0.491 e. The molecule has 0 atom stereocenters. The molecule has 1 heterocycles. The van der Waals surface area contributed by atoms with Crippen LogP contribution in [0.1, 0.15) is 18.4 Å². The van der Waals surface area contributed by atoms with E-state index in [9.17, 15) is 18.0 Å². The third-order valence-electron chi connectivity index (χ3n) is 2.39. The molecule has 17 heavy (non-hydrogen) atoms. The van der Waals surface area contributed by atoms with E-state index in [1.54, 1.807) is 0 Å².